The minimum absolute atomic E-state index is 0.264. The van der Waals surface area contributed by atoms with E-state index in [1.165, 1.54) is 0 Å². The number of hydrogen-bond acceptors (Lipinski definition) is 3. The number of hydrogen-bond donors (Lipinski definition) is 1. The predicted molar refractivity (Wildman–Crippen MR) is 103 cm³/mol. The minimum Gasteiger partial charge on any atom is -0.480 e. The molecular formula is C21H32N2O2. The molecule has 0 aliphatic carbocycles. The molecule has 4 nitrogen and oxygen atoms in total. The molecule has 25 heavy (non-hydrogen) atoms. The summed E-state index contributed by atoms with van der Waals surface area (Å²) >= 11 is 0. The highest BCUT2D eigenvalue weighted by molar-refractivity contribution is 6.02. The molecule has 0 saturated carbocycles. The third-order valence-corrected chi connectivity index (χ3v) is 5.20. The van der Waals surface area contributed by atoms with Gasteiger partial charge in [0.25, 0.3) is 0 Å². The van der Waals surface area contributed by atoms with E-state index in [-0.39, 0.29) is 6.04 Å². The molecule has 1 aliphatic rings. The van der Waals surface area contributed by atoms with Gasteiger partial charge in [-0.25, -0.2) is 0 Å². The third-order valence-electron chi connectivity index (χ3n) is 5.20. The summed E-state index contributed by atoms with van der Waals surface area (Å²) in [5, 5.41) is 9.88. The second-order valence-corrected chi connectivity index (χ2v) is 7.77. The molecule has 2 atom stereocenters. The van der Waals surface area contributed by atoms with Crippen LogP contribution in [0.3, 0.4) is 0 Å². The van der Waals surface area contributed by atoms with E-state index < -0.39 is 12.0 Å². The Balaban J connectivity index is 2.48. The van der Waals surface area contributed by atoms with E-state index in [2.05, 4.69) is 32.6 Å². The highest BCUT2D eigenvalue weighted by Crippen LogP contribution is 2.32. The smallest absolute Gasteiger partial charge is 0.325 e. The summed E-state index contributed by atoms with van der Waals surface area (Å²) in [4.78, 5) is 19.0. The average molecular weight is 344 g/mol. The van der Waals surface area contributed by atoms with Crippen LogP contribution >= 0.6 is 0 Å². The first kappa shape index (κ1) is 19.6. The zero-order valence-corrected chi connectivity index (χ0v) is 16.4. The van der Waals surface area contributed by atoms with Gasteiger partial charge in [0, 0.05) is 24.4 Å². The van der Waals surface area contributed by atoms with Gasteiger partial charge in [-0.15, -0.1) is 0 Å². The Hall–Kier alpha value is -1.68. The Morgan fingerprint density at radius 1 is 1.36 bits per heavy atom. The minimum atomic E-state index is -0.776. The summed E-state index contributed by atoms with van der Waals surface area (Å²) in [6.45, 7) is 14.4. The van der Waals surface area contributed by atoms with Crippen molar-refractivity contribution in [3.05, 3.63) is 34.9 Å². The van der Waals surface area contributed by atoms with Crippen LogP contribution in [0, 0.1) is 18.8 Å². The largest absolute Gasteiger partial charge is 0.480 e. The number of aryl methyl sites for hydroxylation is 1. The van der Waals surface area contributed by atoms with Crippen LogP contribution in [0.4, 0.5) is 0 Å². The molecular weight excluding hydrogens is 312 g/mol. The second-order valence-electron chi connectivity index (χ2n) is 7.77. The quantitative estimate of drug-likeness (QED) is 0.750. The van der Waals surface area contributed by atoms with Gasteiger partial charge in [0.1, 0.15) is 6.04 Å². The molecule has 0 bridgehead atoms. The molecule has 1 aromatic rings. The van der Waals surface area contributed by atoms with Crippen molar-refractivity contribution >= 4 is 11.7 Å². The number of carboxylic acids is 1. The molecule has 1 fully saturated rings. The number of aliphatic carboxylic acids is 1. The van der Waals surface area contributed by atoms with Crippen LogP contribution in [0.1, 0.15) is 63.8 Å². The van der Waals surface area contributed by atoms with Gasteiger partial charge < -0.3 is 5.11 Å². The van der Waals surface area contributed by atoms with Crippen molar-refractivity contribution in [2.45, 2.75) is 60.0 Å². The van der Waals surface area contributed by atoms with E-state index in [0.29, 0.717) is 11.8 Å². The number of rotatable bonds is 7. The van der Waals surface area contributed by atoms with Crippen molar-refractivity contribution in [2.75, 3.05) is 13.1 Å². The van der Waals surface area contributed by atoms with Crippen molar-refractivity contribution < 1.29 is 9.90 Å². The fraction of sp³-hybridized carbons (Fsp3) is 0.619. The normalized spacial score (nSPS) is 18.9. The van der Waals surface area contributed by atoms with Gasteiger partial charge in [0.05, 0.1) is 6.04 Å². The van der Waals surface area contributed by atoms with E-state index in [9.17, 15) is 9.90 Å². The summed E-state index contributed by atoms with van der Waals surface area (Å²) in [5.74, 6) is 0.261. The topological polar surface area (TPSA) is 52.9 Å². The van der Waals surface area contributed by atoms with E-state index >= 15 is 0 Å². The monoisotopic (exact) mass is 344 g/mol. The molecule has 0 spiro atoms. The van der Waals surface area contributed by atoms with Gasteiger partial charge in [-0.1, -0.05) is 45.9 Å². The molecule has 4 heteroatoms. The third kappa shape index (κ3) is 4.30. The van der Waals surface area contributed by atoms with Crippen LogP contribution in [-0.4, -0.2) is 40.8 Å². The lowest BCUT2D eigenvalue weighted by molar-refractivity contribution is -0.146. The lowest BCUT2D eigenvalue weighted by Crippen LogP contribution is -2.49. The van der Waals surface area contributed by atoms with Crippen LogP contribution < -0.4 is 0 Å². The van der Waals surface area contributed by atoms with Crippen LogP contribution in [0.2, 0.25) is 0 Å². The number of aliphatic imine (C=N–C) groups is 1. The number of likely N-dealkylation sites (tertiary alicyclic amines) is 1. The maximum absolute atomic E-state index is 12.0. The van der Waals surface area contributed by atoms with Crippen molar-refractivity contribution in [3.8, 4) is 0 Å². The molecule has 0 amide bonds. The summed E-state index contributed by atoms with van der Waals surface area (Å²) in [7, 11) is 0. The van der Waals surface area contributed by atoms with Crippen LogP contribution in [-0.2, 0) is 4.79 Å². The molecule has 1 saturated heterocycles. The summed E-state index contributed by atoms with van der Waals surface area (Å²) in [6, 6.07) is 5.64. The van der Waals surface area contributed by atoms with E-state index in [0.717, 1.165) is 41.9 Å². The van der Waals surface area contributed by atoms with Crippen LogP contribution in [0.5, 0.6) is 0 Å². The molecule has 0 radical (unpaired) electrons. The fourth-order valence-corrected chi connectivity index (χ4v) is 3.88. The Morgan fingerprint density at radius 2 is 2.00 bits per heavy atom. The predicted octanol–water partition coefficient (Wildman–Crippen LogP) is 4.32. The maximum atomic E-state index is 12.0. The highest BCUT2D eigenvalue weighted by atomic mass is 16.4. The molecule has 0 aromatic heterocycles. The maximum Gasteiger partial charge on any atom is 0.325 e. The Labute approximate surface area is 152 Å². The van der Waals surface area contributed by atoms with Crippen LogP contribution in [0.15, 0.2) is 23.2 Å². The van der Waals surface area contributed by atoms with E-state index in [4.69, 9.17) is 4.99 Å². The first-order chi connectivity index (χ1) is 11.8. The van der Waals surface area contributed by atoms with Crippen molar-refractivity contribution in [3.63, 3.8) is 0 Å². The van der Waals surface area contributed by atoms with Gasteiger partial charge in [0.15, 0.2) is 0 Å². The molecule has 138 valence electrons. The molecule has 1 heterocycles. The number of nitrogens with zero attached hydrogens (tertiary/aromatic N) is 2. The van der Waals surface area contributed by atoms with Crippen molar-refractivity contribution in [1.29, 1.82) is 0 Å². The molecule has 2 rings (SSSR count). The number of benzene rings is 1. The van der Waals surface area contributed by atoms with Crippen molar-refractivity contribution in [2.24, 2.45) is 16.8 Å². The van der Waals surface area contributed by atoms with Gasteiger partial charge in [-0.2, -0.15) is 0 Å². The van der Waals surface area contributed by atoms with Gasteiger partial charge in [0.2, 0.25) is 0 Å². The average Bonchev–Trinajstić information content (AvgIpc) is 2.50. The summed E-state index contributed by atoms with van der Waals surface area (Å²) in [6.07, 6.45) is 0.988. The zero-order valence-electron chi connectivity index (χ0n) is 16.4. The molecule has 1 aliphatic heterocycles. The summed E-state index contributed by atoms with van der Waals surface area (Å²) in [5.41, 5.74) is 3.93. The highest BCUT2D eigenvalue weighted by Gasteiger charge is 2.36. The first-order valence-electron chi connectivity index (χ1n) is 9.37. The molecule has 2 unspecified atom stereocenters. The number of carbonyl (C=O) groups is 1. The van der Waals surface area contributed by atoms with Crippen molar-refractivity contribution in [1.82, 2.24) is 4.90 Å². The van der Waals surface area contributed by atoms with Gasteiger partial charge in [-0.05, 0) is 43.2 Å². The van der Waals surface area contributed by atoms with Gasteiger partial charge >= 0.3 is 5.97 Å². The summed E-state index contributed by atoms with van der Waals surface area (Å²) < 4.78 is 0. The second kappa shape index (κ2) is 8.13. The number of carboxylic acid groups (broad SMARTS) is 1. The van der Waals surface area contributed by atoms with Crippen LogP contribution in [0.25, 0.3) is 0 Å². The Morgan fingerprint density at radius 3 is 2.48 bits per heavy atom. The Kier molecular flexibility index (Phi) is 6.39. The lowest BCUT2D eigenvalue weighted by atomic mass is 9.89. The standard InChI is InChI=1S/C21H32N2O2/c1-7-18(13(2)3)22-16(6)19-15(5)9-8-10-17(19)20(21(24)25)23-11-14(4)12-23/h8-10,13-14,18,20H,7,11-12H2,1-6H3,(H,24,25). The molecule has 1 aromatic carbocycles. The lowest BCUT2D eigenvalue weighted by Gasteiger charge is -2.41. The SMILES string of the molecule is CCC(N=C(C)c1c(C)cccc1C(C(=O)O)N1CC(C)C1)C(C)C. The van der Waals surface area contributed by atoms with E-state index in [1.54, 1.807) is 0 Å². The first-order valence-corrected chi connectivity index (χ1v) is 9.37. The fourth-order valence-electron chi connectivity index (χ4n) is 3.88. The van der Waals surface area contributed by atoms with E-state index in [1.807, 2.05) is 32.0 Å². The molecule has 1 N–H and O–H groups in total. The zero-order chi connectivity index (χ0) is 18.7. The van der Waals surface area contributed by atoms with Gasteiger partial charge in [-0.3, -0.25) is 14.7 Å². The Bertz CT molecular complexity index is 645.